The molecule has 1 saturated heterocycles. The molecule has 28 heavy (non-hydrogen) atoms. The lowest BCUT2D eigenvalue weighted by molar-refractivity contribution is 0.224. The third-order valence-corrected chi connectivity index (χ3v) is 5.34. The van der Waals surface area contributed by atoms with Crippen molar-refractivity contribution in [3.8, 4) is 11.1 Å². The fourth-order valence-electron chi connectivity index (χ4n) is 3.70. The molecule has 2 heterocycles. The van der Waals surface area contributed by atoms with Crippen LogP contribution in [0.4, 0.5) is 10.6 Å². The number of anilines is 1. The fourth-order valence-corrected chi connectivity index (χ4v) is 3.70. The van der Waals surface area contributed by atoms with Crippen LogP contribution in [0.1, 0.15) is 24.8 Å². The predicted octanol–water partition coefficient (Wildman–Crippen LogP) is 4.15. The van der Waals surface area contributed by atoms with E-state index < -0.39 is 0 Å². The maximum atomic E-state index is 12.2. The first kappa shape index (κ1) is 18.5. The topological polar surface area (TPSA) is 73.1 Å². The molecule has 0 spiro atoms. The number of nitrogens with zero attached hydrogens (tertiary/aromatic N) is 2. The molecule has 3 aromatic rings. The van der Waals surface area contributed by atoms with Gasteiger partial charge in [-0.1, -0.05) is 42.3 Å². The van der Waals surface area contributed by atoms with E-state index in [9.17, 15) is 4.79 Å². The Hall–Kier alpha value is -2.86. The summed E-state index contributed by atoms with van der Waals surface area (Å²) < 4.78 is 0. The summed E-state index contributed by atoms with van der Waals surface area (Å²) in [5.74, 6) is 0.556. The summed E-state index contributed by atoms with van der Waals surface area (Å²) in [6.07, 6.45) is 3.84. The number of carbonyl (C=O) groups is 1. The second-order valence-corrected chi connectivity index (χ2v) is 7.48. The number of benzene rings is 2. The normalized spacial score (nSPS) is 14.9. The Balaban J connectivity index is 1.37. The van der Waals surface area contributed by atoms with E-state index >= 15 is 0 Å². The summed E-state index contributed by atoms with van der Waals surface area (Å²) in [7, 11) is 0. The Morgan fingerprint density at radius 3 is 2.61 bits per heavy atom. The highest BCUT2D eigenvalue weighted by molar-refractivity contribution is 6.00. The molecule has 0 radical (unpaired) electrons. The molecule has 2 amide bonds. The lowest BCUT2D eigenvalue weighted by Crippen LogP contribution is -2.39. The second-order valence-electron chi connectivity index (χ2n) is 7.48. The van der Waals surface area contributed by atoms with Crippen LogP contribution in [-0.4, -0.2) is 47.3 Å². The van der Waals surface area contributed by atoms with Crippen LogP contribution in [-0.2, 0) is 0 Å². The van der Waals surface area contributed by atoms with E-state index in [2.05, 4.69) is 69.1 Å². The number of urea groups is 1. The molecular weight excluding hydrogens is 350 g/mol. The minimum absolute atomic E-state index is 0.215. The molecule has 1 fully saturated rings. The van der Waals surface area contributed by atoms with Gasteiger partial charge in [0.1, 0.15) is 0 Å². The standard InChI is InChI=1S/C22H27N5O/c1-16-5-7-17(8-6-16)18-9-10-19-20(15-18)25-26-21(19)24-22(28)23-11-14-27-12-3-2-4-13-27/h5-10,15H,2-4,11-14H2,1H3,(H3,23,24,25,26,28). The Morgan fingerprint density at radius 1 is 1.07 bits per heavy atom. The lowest BCUT2D eigenvalue weighted by atomic mass is 10.0. The number of aromatic amines is 1. The number of carbonyl (C=O) groups excluding carboxylic acids is 1. The van der Waals surface area contributed by atoms with Crippen LogP contribution in [0.15, 0.2) is 42.5 Å². The van der Waals surface area contributed by atoms with Gasteiger partial charge in [0, 0.05) is 18.5 Å². The summed E-state index contributed by atoms with van der Waals surface area (Å²) in [4.78, 5) is 14.6. The summed E-state index contributed by atoms with van der Waals surface area (Å²) in [6.45, 7) is 5.89. The SMILES string of the molecule is Cc1ccc(-c2ccc3c(NC(=O)NCCN4CCCCC4)n[nH]c3c2)cc1. The Bertz CT molecular complexity index is 941. The largest absolute Gasteiger partial charge is 0.337 e. The predicted molar refractivity (Wildman–Crippen MR) is 114 cm³/mol. The summed E-state index contributed by atoms with van der Waals surface area (Å²) >= 11 is 0. The van der Waals surface area contributed by atoms with Crippen molar-refractivity contribution in [2.45, 2.75) is 26.2 Å². The van der Waals surface area contributed by atoms with E-state index in [1.807, 2.05) is 6.07 Å². The maximum absolute atomic E-state index is 12.2. The highest BCUT2D eigenvalue weighted by Crippen LogP contribution is 2.27. The molecule has 0 aliphatic carbocycles. The van der Waals surface area contributed by atoms with E-state index in [1.165, 1.54) is 24.8 Å². The van der Waals surface area contributed by atoms with Gasteiger partial charge >= 0.3 is 6.03 Å². The number of fused-ring (bicyclic) bond motifs is 1. The molecule has 0 saturated carbocycles. The molecule has 0 bridgehead atoms. The number of rotatable bonds is 5. The second kappa shape index (κ2) is 8.44. The zero-order chi connectivity index (χ0) is 19.3. The highest BCUT2D eigenvalue weighted by atomic mass is 16.2. The van der Waals surface area contributed by atoms with Gasteiger partial charge in [0.2, 0.25) is 0 Å². The van der Waals surface area contributed by atoms with Gasteiger partial charge in [-0.2, -0.15) is 5.10 Å². The maximum Gasteiger partial charge on any atom is 0.320 e. The highest BCUT2D eigenvalue weighted by Gasteiger charge is 2.12. The first-order valence-corrected chi connectivity index (χ1v) is 10.0. The first-order chi connectivity index (χ1) is 13.7. The molecule has 6 nitrogen and oxygen atoms in total. The third kappa shape index (κ3) is 4.34. The van der Waals surface area contributed by atoms with Crippen LogP contribution in [0.3, 0.4) is 0 Å². The Kier molecular flexibility index (Phi) is 5.58. The van der Waals surface area contributed by atoms with E-state index in [4.69, 9.17) is 0 Å². The van der Waals surface area contributed by atoms with E-state index in [-0.39, 0.29) is 6.03 Å². The van der Waals surface area contributed by atoms with Gasteiger partial charge in [0.05, 0.1) is 5.52 Å². The number of nitrogens with one attached hydrogen (secondary N) is 3. The zero-order valence-electron chi connectivity index (χ0n) is 16.3. The average molecular weight is 377 g/mol. The lowest BCUT2D eigenvalue weighted by Gasteiger charge is -2.26. The number of hydrogen-bond acceptors (Lipinski definition) is 3. The quantitative estimate of drug-likeness (QED) is 0.625. The number of aromatic nitrogens is 2. The molecule has 0 atom stereocenters. The smallest absolute Gasteiger partial charge is 0.320 e. The van der Waals surface area contributed by atoms with Crippen LogP contribution in [0.2, 0.25) is 0 Å². The first-order valence-electron chi connectivity index (χ1n) is 10.0. The van der Waals surface area contributed by atoms with Crippen molar-refractivity contribution in [1.82, 2.24) is 20.4 Å². The Labute approximate surface area is 165 Å². The van der Waals surface area contributed by atoms with Crippen molar-refractivity contribution in [3.63, 3.8) is 0 Å². The van der Waals surface area contributed by atoms with Crippen molar-refractivity contribution in [1.29, 1.82) is 0 Å². The van der Waals surface area contributed by atoms with Crippen molar-refractivity contribution in [3.05, 3.63) is 48.0 Å². The monoisotopic (exact) mass is 377 g/mol. The molecule has 6 heteroatoms. The zero-order valence-corrected chi connectivity index (χ0v) is 16.3. The molecule has 1 aromatic heterocycles. The molecule has 1 aliphatic rings. The minimum atomic E-state index is -0.215. The molecule has 4 rings (SSSR count). The van der Waals surface area contributed by atoms with Gasteiger partial charge in [0.15, 0.2) is 5.82 Å². The minimum Gasteiger partial charge on any atom is -0.337 e. The van der Waals surface area contributed by atoms with Gasteiger partial charge in [-0.15, -0.1) is 0 Å². The molecular formula is C22H27N5O. The van der Waals surface area contributed by atoms with Crippen molar-refractivity contribution < 1.29 is 4.79 Å². The molecule has 1 aliphatic heterocycles. The molecule has 146 valence electrons. The van der Waals surface area contributed by atoms with Crippen molar-refractivity contribution in [2.75, 3.05) is 31.5 Å². The van der Waals surface area contributed by atoms with Gasteiger partial charge in [-0.3, -0.25) is 10.4 Å². The van der Waals surface area contributed by atoms with Gasteiger partial charge in [-0.25, -0.2) is 4.79 Å². The van der Waals surface area contributed by atoms with E-state index in [0.29, 0.717) is 12.4 Å². The summed E-state index contributed by atoms with van der Waals surface area (Å²) in [6, 6.07) is 14.3. The fraction of sp³-hybridized carbons (Fsp3) is 0.364. The van der Waals surface area contributed by atoms with Gasteiger partial charge < -0.3 is 10.2 Å². The van der Waals surface area contributed by atoms with Crippen LogP contribution >= 0.6 is 0 Å². The van der Waals surface area contributed by atoms with Gasteiger partial charge in [-0.05, 0) is 56.1 Å². The van der Waals surface area contributed by atoms with Crippen LogP contribution in [0, 0.1) is 6.92 Å². The van der Waals surface area contributed by atoms with E-state index in [1.54, 1.807) is 0 Å². The van der Waals surface area contributed by atoms with Crippen molar-refractivity contribution >= 4 is 22.8 Å². The summed E-state index contributed by atoms with van der Waals surface area (Å²) in [5, 5.41) is 14.0. The van der Waals surface area contributed by atoms with Crippen LogP contribution < -0.4 is 10.6 Å². The number of hydrogen-bond donors (Lipinski definition) is 3. The molecule has 3 N–H and O–H groups in total. The van der Waals surface area contributed by atoms with Gasteiger partial charge in [0.25, 0.3) is 0 Å². The number of aryl methyl sites for hydroxylation is 1. The Morgan fingerprint density at radius 2 is 1.82 bits per heavy atom. The third-order valence-electron chi connectivity index (χ3n) is 5.34. The van der Waals surface area contributed by atoms with E-state index in [0.717, 1.165) is 41.7 Å². The number of piperidine rings is 1. The molecule has 0 unspecified atom stereocenters. The summed E-state index contributed by atoms with van der Waals surface area (Å²) in [5.41, 5.74) is 4.42. The van der Waals surface area contributed by atoms with Crippen LogP contribution in [0.5, 0.6) is 0 Å². The average Bonchev–Trinajstić information content (AvgIpc) is 3.11. The number of likely N-dealkylation sites (tertiary alicyclic amines) is 1. The number of amides is 2. The van der Waals surface area contributed by atoms with Crippen molar-refractivity contribution in [2.24, 2.45) is 0 Å². The van der Waals surface area contributed by atoms with Crippen LogP contribution in [0.25, 0.3) is 22.0 Å². The number of H-pyrrole nitrogens is 1. The molecule has 2 aromatic carbocycles.